The van der Waals surface area contributed by atoms with E-state index in [1.54, 1.807) is 19.1 Å². The molecule has 2 N–H and O–H groups in total. The standard InChI is InChI=1S/C15H24N2O4/c1-5-21-13-10-11(6-7-12(13)17(19)20)16-14(8-9-18)15(2,3)4/h6-7,10,14,16,18H,5,8-9H2,1-4H3. The molecule has 0 saturated carbocycles. The molecular formula is C15H24N2O4. The number of nitro benzene ring substituents is 1. The van der Waals surface area contributed by atoms with Crippen LogP contribution in [0.25, 0.3) is 0 Å². The van der Waals surface area contributed by atoms with Gasteiger partial charge in [0.15, 0.2) is 5.75 Å². The fourth-order valence-corrected chi connectivity index (χ4v) is 2.08. The molecule has 0 aliphatic rings. The highest BCUT2D eigenvalue weighted by Gasteiger charge is 2.25. The third-order valence-electron chi connectivity index (χ3n) is 3.26. The van der Waals surface area contributed by atoms with Crippen LogP contribution in [0.3, 0.4) is 0 Å². The van der Waals surface area contributed by atoms with E-state index in [0.29, 0.717) is 13.0 Å². The molecule has 6 nitrogen and oxygen atoms in total. The summed E-state index contributed by atoms with van der Waals surface area (Å²) < 4.78 is 5.34. The van der Waals surface area contributed by atoms with Crippen LogP contribution < -0.4 is 10.1 Å². The summed E-state index contributed by atoms with van der Waals surface area (Å²) in [6, 6.07) is 4.79. The molecule has 1 aromatic rings. The molecule has 0 bridgehead atoms. The summed E-state index contributed by atoms with van der Waals surface area (Å²) in [5, 5.41) is 23.5. The first-order valence-electron chi connectivity index (χ1n) is 7.08. The van der Waals surface area contributed by atoms with Gasteiger partial charge in [0.25, 0.3) is 0 Å². The van der Waals surface area contributed by atoms with E-state index in [2.05, 4.69) is 26.1 Å². The summed E-state index contributed by atoms with van der Waals surface area (Å²) in [5.74, 6) is 0.254. The largest absolute Gasteiger partial charge is 0.487 e. The van der Waals surface area contributed by atoms with Gasteiger partial charge in [0.1, 0.15) is 0 Å². The molecule has 0 aliphatic heterocycles. The second-order valence-electron chi connectivity index (χ2n) is 5.95. The number of hydrogen-bond donors (Lipinski definition) is 2. The van der Waals surface area contributed by atoms with E-state index in [0.717, 1.165) is 5.69 Å². The predicted molar refractivity (Wildman–Crippen MR) is 82.8 cm³/mol. The van der Waals surface area contributed by atoms with E-state index in [1.807, 2.05) is 0 Å². The van der Waals surface area contributed by atoms with Gasteiger partial charge in [-0.05, 0) is 24.8 Å². The topological polar surface area (TPSA) is 84.6 Å². The molecule has 1 unspecified atom stereocenters. The van der Waals surface area contributed by atoms with Gasteiger partial charge < -0.3 is 15.2 Å². The fraction of sp³-hybridized carbons (Fsp3) is 0.600. The molecule has 1 aromatic carbocycles. The van der Waals surface area contributed by atoms with Crippen molar-refractivity contribution in [3.05, 3.63) is 28.3 Å². The Balaban J connectivity index is 3.02. The van der Waals surface area contributed by atoms with Crippen molar-refractivity contribution >= 4 is 11.4 Å². The highest BCUT2D eigenvalue weighted by atomic mass is 16.6. The fourth-order valence-electron chi connectivity index (χ4n) is 2.08. The van der Waals surface area contributed by atoms with E-state index in [-0.39, 0.29) is 29.5 Å². The van der Waals surface area contributed by atoms with Crippen LogP contribution in [0.1, 0.15) is 34.1 Å². The summed E-state index contributed by atoms with van der Waals surface area (Å²) in [5.41, 5.74) is 0.658. The third-order valence-corrected chi connectivity index (χ3v) is 3.26. The van der Waals surface area contributed by atoms with E-state index >= 15 is 0 Å². The number of benzene rings is 1. The molecule has 0 saturated heterocycles. The van der Waals surface area contributed by atoms with E-state index in [1.165, 1.54) is 6.07 Å². The van der Waals surface area contributed by atoms with Gasteiger partial charge in [-0.15, -0.1) is 0 Å². The molecule has 0 aromatic heterocycles. The van der Waals surface area contributed by atoms with Gasteiger partial charge in [-0.1, -0.05) is 20.8 Å². The van der Waals surface area contributed by atoms with Crippen molar-refractivity contribution in [1.29, 1.82) is 0 Å². The third kappa shape index (κ3) is 4.90. The van der Waals surface area contributed by atoms with Crippen LogP contribution in [0.15, 0.2) is 18.2 Å². The Morgan fingerprint density at radius 3 is 2.57 bits per heavy atom. The van der Waals surface area contributed by atoms with Crippen LogP contribution in [0, 0.1) is 15.5 Å². The van der Waals surface area contributed by atoms with Crippen molar-refractivity contribution < 1.29 is 14.8 Å². The van der Waals surface area contributed by atoms with Crippen molar-refractivity contribution in [3.8, 4) is 5.75 Å². The number of nitrogens with one attached hydrogen (secondary N) is 1. The molecular weight excluding hydrogens is 272 g/mol. The van der Waals surface area contributed by atoms with E-state index in [9.17, 15) is 15.2 Å². The van der Waals surface area contributed by atoms with Crippen molar-refractivity contribution in [2.45, 2.75) is 40.2 Å². The number of anilines is 1. The minimum Gasteiger partial charge on any atom is -0.487 e. The second-order valence-corrected chi connectivity index (χ2v) is 5.95. The van der Waals surface area contributed by atoms with Crippen molar-refractivity contribution in [2.75, 3.05) is 18.5 Å². The molecule has 118 valence electrons. The van der Waals surface area contributed by atoms with Crippen LogP contribution in [0.2, 0.25) is 0 Å². The van der Waals surface area contributed by atoms with Gasteiger partial charge >= 0.3 is 5.69 Å². The van der Waals surface area contributed by atoms with Gasteiger partial charge in [-0.3, -0.25) is 10.1 Å². The van der Waals surface area contributed by atoms with Gasteiger partial charge in [-0.25, -0.2) is 0 Å². The average Bonchev–Trinajstić information content (AvgIpc) is 2.37. The number of aliphatic hydroxyl groups is 1. The molecule has 0 heterocycles. The minimum atomic E-state index is -0.455. The molecule has 0 spiro atoms. The number of aliphatic hydroxyl groups excluding tert-OH is 1. The summed E-state index contributed by atoms with van der Waals surface area (Å²) in [4.78, 5) is 10.5. The Kier molecular flexibility index (Phi) is 5.96. The first-order valence-corrected chi connectivity index (χ1v) is 7.08. The predicted octanol–water partition coefficient (Wildman–Crippen LogP) is 3.20. The van der Waals surface area contributed by atoms with E-state index in [4.69, 9.17) is 4.74 Å². The summed E-state index contributed by atoms with van der Waals surface area (Å²) in [6.07, 6.45) is 0.602. The Morgan fingerprint density at radius 2 is 2.10 bits per heavy atom. The van der Waals surface area contributed by atoms with Crippen LogP contribution >= 0.6 is 0 Å². The van der Waals surface area contributed by atoms with E-state index < -0.39 is 4.92 Å². The molecule has 0 aliphatic carbocycles. The Morgan fingerprint density at radius 1 is 1.43 bits per heavy atom. The first kappa shape index (κ1) is 17.2. The van der Waals surface area contributed by atoms with Gasteiger partial charge in [-0.2, -0.15) is 0 Å². The zero-order chi connectivity index (χ0) is 16.0. The maximum atomic E-state index is 11.0. The second kappa shape index (κ2) is 7.26. The van der Waals surface area contributed by atoms with Crippen molar-refractivity contribution in [2.24, 2.45) is 5.41 Å². The number of rotatable bonds is 7. The molecule has 0 amide bonds. The summed E-state index contributed by atoms with van der Waals surface area (Å²) in [6.45, 7) is 8.47. The van der Waals surface area contributed by atoms with Crippen molar-refractivity contribution in [1.82, 2.24) is 0 Å². The SMILES string of the molecule is CCOc1cc(NC(CCO)C(C)(C)C)ccc1[N+](=O)[O-]. The minimum absolute atomic E-state index is 0.0446. The maximum Gasteiger partial charge on any atom is 0.311 e. The monoisotopic (exact) mass is 296 g/mol. The van der Waals surface area contributed by atoms with Gasteiger partial charge in [0.05, 0.1) is 11.5 Å². The quantitative estimate of drug-likeness (QED) is 0.596. The maximum absolute atomic E-state index is 11.0. The average molecular weight is 296 g/mol. The van der Waals surface area contributed by atoms with Crippen LogP contribution in [0.4, 0.5) is 11.4 Å². The highest BCUT2D eigenvalue weighted by Crippen LogP contribution is 2.32. The lowest BCUT2D eigenvalue weighted by Crippen LogP contribution is -2.34. The lowest BCUT2D eigenvalue weighted by molar-refractivity contribution is -0.385. The van der Waals surface area contributed by atoms with Crippen LogP contribution in [-0.2, 0) is 0 Å². The molecule has 21 heavy (non-hydrogen) atoms. The zero-order valence-corrected chi connectivity index (χ0v) is 13.0. The lowest BCUT2D eigenvalue weighted by atomic mass is 9.85. The number of hydrogen-bond acceptors (Lipinski definition) is 5. The molecule has 6 heteroatoms. The van der Waals surface area contributed by atoms with Crippen LogP contribution in [0.5, 0.6) is 5.75 Å². The first-order chi connectivity index (χ1) is 9.79. The molecule has 0 radical (unpaired) electrons. The molecule has 1 rings (SSSR count). The summed E-state index contributed by atoms with van der Waals surface area (Å²) >= 11 is 0. The lowest BCUT2D eigenvalue weighted by Gasteiger charge is -2.32. The van der Waals surface area contributed by atoms with Crippen molar-refractivity contribution in [3.63, 3.8) is 0 Å². The highest BCUT2D eigenvalue weighted by molar-refractivity contribution is 5.58. The summed E-state index contributed by atoms with van der Waals surface area (Å²) in [7, 11) is 0. The number of nitro groups is 1. The zero-order valence-electron chi connectivity index (χ0n) is 13.0. The number of ether oxygens (including phenoxy) is 1. The Labute approximate surface area is 125 Å². The van der Waals surface area contributed by atoms with Crippen LogP contribution in [-0.4, -0.2) is 29.3 Å². The van der Waals surface area contributed by atoms with Gasteiger partial charge in [0.2, 0.25) is 0 Å². The smallest absolute Gasteiger partial charge is 0.311 e. The Hall–Kier alpha value is -1.82. The van der Waals surface area contributed by atoms with Gasteiger partial charge in [0, 0.05) is 30.5 Å². The number of nitrogens with zero attached hydrogens (tertiary/aromatic N) is 1. The molecule has 0 fully saturated rings. The normalized spacial score (nSPS) is 12.8. The Bertz CT molecular complexity index is 483. The molecule has 1 atom stereocenters.